The fraction of sp³-hybridized carbons (Fsp3) is 0.571. The first-order valence-corrected chi connectivity index (χ1v) is 6.96. The van der Waals surface area contributed by atoms with E-state index in [2.05, 4.69) is 43.2 Å². The van der Waals surface area contributed by atoms with Gasteiger partial charge in [-0.3, -0.25) is 9.36 Å². The van der Waals surface area contributed by atoms with E-state index in [-0.39, 0.29) is 0 Å². The topological polar surface area (TPSA) is 47.7 Å². The average molecular weight is 261 g/mol. The van der Waals surface area contributed by atoms with Gasteiger partial charge in [-0.1, -0.05) is 6.92 Å². The van der Waals surface area contributed by atoms with Crippen molar-refractivity contribution in [3.05, 3.63) is 29.7 Å². The molecule has 2 heterocycles. The molecule has 2 aromatic rings. The largest absolute Gasteiger partial charge is 0.363 e. The molecule has 104 valence electrons. The molecule has 0 aliphatic carbocycles. The van der Waals surface area contributed by atoms with Crippen molar-refractivity contribution in [2.45, 2.75) is 53.2 Å². The fourth-order valence-corrected chi connectivity index (χ4v) is 2.05. The summed E-state index contributed by atoms with van der Waals surface area (Å²) in [6.45, 7) is 10.2. The smallest absolute Gasteiger partial charge is 0.148 e. The minimum atomic E-state index is 0.443. The van der Waals surface area contributed by atoms with E-state index >= 15 is 0 Å². The molecule has 0 amide bonds. The average Bonchev–Trinajstić information content (AvgIpc) is 3.02. The third-order valence-electron chi connectivity index (χ3n) is 3.54. The maximum atomic E-state index is 4.54. The molecule has 0 fully saturated rings. The number of aryl methyl sites for hydroxylation is 2. The van der Waals surface area contributed by atoms with Crippen molar-refractivity contribution in [3.63, 3.8) is 0 Å². The van der Waals surface area contributed by atoms with E-state index in [1.54, 1.807) is 0 Å². The van der Waals surface area contributed by atoms with Crippen molar-refractivity contribution in [3.8, 4) is 0 Å². The van der Waals surface area contributed by atoms with Crippen LogP contribution in [0.2, 0.25) is 0 Å². The Morgan fingerprint density at radius 1 is 1.37 bits per heavy atom. The lowest BCUT2D eigenvalue weighted by Gasteiger charge is -2.09. The predicted octanol–water partition coefficient (Wildman–Crippen LogP) is 2.99. The molecule has 0 aliphatic rings. The normalized spacial score (nSPS) is 12.6. The zero-order valence-electron chi connectivity index (χ0n) is 12.2. The Morgan fingerprint density at radius 2 is 2.16 bits per heavy atom. The fourth-order valence-electron chi connectivity index (χ4n) is 2.05. The zero-order chi connectivity index (χ0) is 13.8. The SMILES string of the molecule is CC[C@@H](C)n1ccc(NCc2c(C)cnn2CC)n1. The summed E-state index contributed by atoms with van der Waals surface area (Å²) in [5.74, 6) is 0.920. The third-order valence-corrected chi connectivity index (χ3v) is 3.54. The lowest BCUT2D eigenvalue weighted by molar-refractivity contribution is 0.479. The van der Waals surface area contributed by atoms with Gasteiger partial charge in [0.05, 0.1) is 18.4 Å². The summed E-state index contributed by atoms with van der Waals surface area (Å²) in [6, 6.07) is 2.46. The molecule has 5 nitrogen and oxygen atoms in total. The second kappa shape index (κ2) is 5.91. The van der Waals surface area contributed by atoms with E-state index in [9.17, 15) is 0 Å². The first kappa shape index (κ1) is 13.6. The maximum Gasteiger partial charge on any atom is 0.148 e. The molecule has 19 heavy (non-hydrogen) atoms. The van der Waals surface area contributed by atoms with Gasteiger partial charge in [0.25, 0.3) is 0 Å². The number of rotatable bonds is 6. The number of anilines is 1. The van der Waals surface area contributed by atoms with E-state index in [0.29, 0.717) is 6.04 Å². The van der Waals surface area contributed by atoms with Crippen molar-refractivity contribution in [2.24, 2.45) is 0 Å². The molecule has 0 aromatic carbocycles. The summed E-state index contributed by atoms with van der Waals surface area (Å²) >= 11 is 0. The first-order chi connectivity index (χ1) is 9.15. The van der Waals surface area contributed by atoms with Crippen LogP contribution in [0.25, 0.3) is 0 Å². The quantitative estimate of drug-likeness (QED) is 0.869. The highest BCUT2D eigenvalue weighted by molar-refractivity contribution is 5.34. The van der Waals surface area contributed by atoms with E-state index in [4.69, 9.17) is 0 Å². The highest BCUT2D eigenvalue weighted by Gasteiger charge is 2.08. The van der Waals surface area contributed by atoms with Gasteiger partial charge in [-0.15, -0.1) is 0 Å². The Bertz CT molecular complexity index is 526. The molecule has 0 bridgehead atoms. The Morgan fingerprint density at radius 3 is 2.84 bits per heavy atom. The molecule has 0 spiro atoms. The van der Waals surface area contributed by atoms with Crippen LogP contribution in [0, 0.1) is 6.92 Å². The highest BCUT2D eigenvalue weighted by atomic mass is 15.3. The van der Waals surface area contributed by atoms with Crippen molar-refractivity contribution >= 4 is 5.82 Å². The number of hydrogen-bond acceptors (Lipinski definition) is 3. The van der Waals surface area contributed by atoms with Gasteiger partial charge in [-0.2, -0.15) is 10.2 Å². The first-order valence-electron chi connectivity index (χ1n) is 6.96. The number of nitrogens with zero attached hydrogens (tertiary/aromatic N) is 4. The number of aromatic nitrogens is 4. The molecular weight excluding hydrogens is 238 g/mol. The molecule has 0 radical (unpaired) electrons. The highest BCUT2D eigenvalue weighted by Crippen LogP contribution is 2.14. The van der Waals surface area contributed by atoms with Crippen LogP contribution in [-0.2, 0) is 13.1 Å². The maximum absolute atomic E-state index is 4.54. The van der Waals surface area contributed by atoms with Crippen LogP contribution >= 0.6 is 0 Å². The van der Waals surface area contributed by atoms with Crippen LogP contribution < -0.4 is 5.32 Å². The van der Waals surface area contributed by atoms with Crippen LogP contribution in [0.4, 0.5) is 5.82 Å². The van der Waals surface area contributed by atoms with Crippen molar-refractivity contribution in [2.75, 3.05) is 5.32 Å². The summed E-state index contributed by atoms with van der Waals surface area (Å²) < 4.78 is 4.03. The van der Waals surface area contributed by atoms with Gasteiger partial charge >= 0.3 is 0 Å². The van der Waals surface area contributed by atoms with Crippen molar-refractivity contribution in [1.82, 2.24) is 19.6 Å². The van der Waals surface area contributed by atoms with Crippen LogP contribution in [-0.4, -0.2) is 19.6 Å². The summed E-state index contributed by atoms with van der Waals surface area (Å²) in [6.07, 6.45) is 5.03. The van der Waals surface area contributed by atoms with E-state index in [1.165, 1.54) is 11.3 Å². The summed E-state index contributed by atoms with van der Waals surface area (Å²) in [4.78, 5) is 0. The van der Waals surface area contributed by atoms with Gasteiger partial charge in [0.2, 0.25) is 0 Å². The van der Waals surface area contributed by atoms with Gasteiger partial charge in [-0.25, -0.2) is 0 Å². The summed E-state index contributed by atoms with van der Waals surface area (Å²) in [5.41, 5.74) is 2.44. The van der Waals surface area contributed by atoms with Gasteiger partial charge in [-0.05, 0) is 32.8 Å². The van der Waals surface area contributed by atoms with Crippen LogP contribution in [0.15, 0.2) is 18.5 Å². The third kappa shape index (κ3) is 2.97. The predicted molar refractivity (Wildman–Crippen MR) is 77.2 cm³/mol. The summed E-state index contributed by atoms with van der Waals surface area (Å²) in [5, 5.41) is 12.3. The van der Waals surface area contributed by atoms with E-state index in [0.717, 1.165) is 25.3 Å². The Kier molecular flexibility index (Phi) is 4.24. The van der Waals surface area contributed by atoms with Crippen LogP contribution in [0.5, 0.6) is 0 Å². The molecule has 2 aromatic heterocycles. The molecule has 0 aliphatic heterocycles. The van der Waals surface area contributed by atoms with Gasteiger partial charge in [0.1, 0.15) is 5.82 Å². The Hall–Kier alpha value is -1.78. The van der Waals surface area contributed by atoms with Crippen LogP contribution in [0.3, 0.4) is 0 Å². The molecule has 1 N–H and O–H groups in total. The van der Waals surface area contributed by atoms with E-state index < -0.39 is 0 Å². The summed E-state index contributed by atoms with van der Waals surface area (Å²) in [7, 11) is 0. The molecule has 2 rings (SSSR count). The lowest BCUT2D eigenvalue weighted by atomic mass is 10.3. The minimum Gasteiger partial charge on any atom is -0.363 e. The van der Waals surface area contributed by atoms with Gasteiger partial charge < -0.3 is 5.32 Å². The molecule has 0 saturated heterocycles. The number of hydrogen-bond donors (Lipinski definition) is 1. The van der Waals surface area contributed by atoms with Gasteiger partial charge in [0.15, 0.2) is 0 Å². The monoisotopic (exact) mass is 261 g/mol. The zero-order valence-corrected chi connectivity index (χ0v) is 12.2. The Labute approximate surface area is 114 Å². The molecule has 0 saturated carbocycles. The molecule has 5 heteroatoms. The molecule has 1 atom stereocenters. The van der Waals surface area contributed by atoms with Crippen molar-refractivity contribution in [1.29, 1.82) is 0 Å². The van der Waals surface area contributed by atoms with E-state index in [1.807, 2.05) is 27.8 Å². The molecule has 0 unspecified atom stereocenters. The van der Waals surface area contributed by atoms with Gasteiger partial charge in [0, 0.05) is 24.8 Å². The lowest BCUT2D eigenvalue weighted by Crippen LogP contribution is -2.10. The Balaban J connectivity index is 2.02. The minimum absolute atomic E-state index is 0.443. The van der Waals surface area contributed by atoms with Crippen LogP contribution in [0.1, 0.15) is 44.5 Å². The second-order valence-corrected chi connectivity index (χ2v) is 4.88. The number of nitrogens with one attached hydrogen (secondary N) is 1. The molecular formula is C14H23N5. The second-order valence-electron chi connectivity index (χ2n) is 4.88. The standard InChI is InChI=1S/C14H23N5/c1-5-12(4)19-8-7-14(17-19)15-10-13-11(3)9-16-18(13)6-2/h7-9,12H,5-6,10H2,1-4H3,(H,15,17)/t12-/m1/s1. The van der Waals surface area contributed by atoms with Crippen molar-refractivity contribution < 1.29 is 0 Å².